The molecule has 0 fully saturated rings. The SMILES string of the molecule is CCCOc1c(OC)cccc1[C@@H]1C(C(=O)OCC)=C(c2ccccc2)N=c2s/c(=C\c3ccc4c(c3)OCO4)c(=O)n21. The molecule has 0 bridgehead atoms. The third-order valence-corrected chi connectivity index (χ3v) is 8.03. The number of methoxy groups -OCH3 is 1. The van der Waals surface area contributed by atoms with Gasteiger partial charge in [0.15, 0.2) is 27.8 Å². The van der Waals surface area contributed by atoms with Crippen LogP contribution in [0.2, 0.25) is 0 Å². The molecule has 0 amide bonds. The van der Waals surface area contributed by atoms with Gasteiger partial charge in [-0.3, -0.25) is 9.36 Å². The van der Waals surface area contributed by atoms with Crippen LogP contribution < -0.4 is 33.8 Å². The molecule has 0 spiro atoms. The number of para-hydroxylation sites is 1. The van der Waals surface area contributed by atoms with Crippen LogP contribution in [-0.4, -0.2) is 37.7 Å². The largest absolute Gasteiger partial charge is 0.493 e. The Hall–Kier alpha value is -4.83. The average Bonchev–Trinajstić information content (AvgIpc) is 3.63. The summed E-state index contributed by atoms with van der Waals surface area (Å²) in [6, 6.07) is 19.5. The minimum atomic E-state index is -0.897. The Balaban J connectivity index is 1.65. The monoisotopic (exact) mass is 598 g/mol. The van der Waals surface area contributed by atoms with Crippen LogP contribution in [0.3, 0.4) is 0 Å². The maximum absolute atomic E-state index is 14.3. The smallest absolute Gasteiger partial charge is 0.338 e. The van der Waals surface area contributed by atoms with Crippen molar-refractivity contribution in [1.29, 1.82) is 0 Å². The van der Waals surface area contributed by atoms with E-state index in [1.165, 1.54) is 11.3 Å². The van der Waals surface area contributed by atoms with Crippen molar-refractivity contribution >= 4 is 29.1 Å². The minimum absolute atomic E-state index is 0.156. The Morgan fingerprint density at radius 3 is 2.65 bits per heavy atom. The fourth-order valence-corrected chi connectivity index (χ4v) is 6.16. The predicted molar refractivity (Wildman–Crippen MR) is 162 cm³/mol. The molecule has 4 aromatic rings. The number of esters is 1. The van der Waals surface area contributed by atoms with Gasteiger partial charge in [0.25, 0.3) is 5.56 Å². The molecule has 0 saturated carbocycles. The second-order valence-electron chi connectivity index (χ2n) is 9.77. The van der Waals surface area contributed by atoms with Crippen molar-refractivity contribution in [2.45, 2.75) is 26.3 Å². The van der Waals surface area contributed by atoms with E-state index in [0.717, 1.165) is 17.5 Å². The number of nitrogens with zero attached hydrogens (tertiary/aromatic N) is 2. The summed E-state index contributed by atoms with van der Waals surface area (Å²) in [6.07, 6.45) is 2.55. The van der Waals surface area contributed by atoms with Gasteiger partial charge in [-0.1, -0.05) is 66.8 Å². The number of fused-ring (bicyclic) bond motifs is 2. The van der Waals surface area contributed by atoms with E-state index in [1.54, 1.807) is 30.7 Å². The van der Waals surface area contributed by atoms with Gasteiger partial charge in [0.1, 0.15) is 6.04 Å². The van der Waals surface area contributed by atoms with Gasteiger partial charge in [-0.2, -0.15) is 0 Å². The first-order valence-electron chi connectivity index (χ1n) is 14.0. The normalized spacial score (nSPS) is 15.6. The molecule has 0 unspecified atom stereocenters. The Morgan fingerprint density at radius 2 is 1.88 bits per heavy atom. The average molecular weight is 599 g/mol. The lowest BCUT2D eigenvalue weighted by Gasteiger charge is -2.27. The van der Waals surface area contributed by atoms with Crippen LogP contribution in [0.15, 0.2) is 82.1 Å². The molecule has 0 radical (unpaired) electrons. The highest BCUT2D eigenvalue weighted by Gasteiger charge is 2.37. The van der Waals surface area contributed by atoms with Gasteiger partial charge in [0.2, 0.25) is 6.79 Å². The fourth-order valence-electron chi connectivity index (χ4n) is 5.16. The van der Waals surface area contributed by atoms with Crippen LogP contribution >= 0.6 is 11.3 Å². The number of rotatable bonds is 9. The highest BCUT2D eigenvalue weighted by molar-refractivity contribution is 7.07. The summed E-state index contributed by atoms with van der Waals surface area (Å²) < 4.78 is 30.4. The van der Waals surface area contributed by atoms with Crippen molar-refractivity contribution in [3.05, 3.63) is 109 Å². The molecule has 1 aromatic heterocycles. The van der Waals surface area contributed by atoms with Gasteiger partial charge in [-0.25, -0.2) is 9.79 Å². The molecule has 2 aliphatic rings. The summed E-state index contributed by atoms with van der Waals surface area (Å²) in [5.41, 5.74) is 2.46. The summed E-state index contributed by atoms with van der Waals surface area (Å²) in [5.74, 6) is 1.66. The van der Waals surface area contributed by atoms with Crippen molar-refractivity contribution in [3.8, 4) is 23.0 Å². The van der Waals surface area contributed by atoms with Crippen LogP contribution in [0.1, 0.15) is 43.0 Å². The van der Waals surface area contributed by atoms with Crippen LogP contribution in [0, 0.1) is 0 Å². The van der Waals surface area contributed by atoms with Gasteiger partial charge in [0.05, 0.1) is 36.1 Å². The van der Waals surface area contributed by atoms with Gasteiger partial charge in [-0.15, -0.1) is 0 Å². The lowest BCUT2D eigenvalue weighted by Crippen LogP contribution is -2.40. The number of thiazole rings is 1. The Labute approximate surface area is 251 Å². The molecular formula is C33H30N2O7S. The van der Waals surface area contributed by atoms with Crippen molar-refractivity contribution < 1.29 is 28.5 Å². The highest BCUT2D eigenvalue weighted by atomic mass is 32.1. The van der Waals surface area contributed by atoms with E-state index in [4.69, 9.17) is 28.7 Å². The molecule has 43 heavy (non-hydrogen) atoms. The second-order valence-corrected chi connectivity index (χ2v) is 10.8. The predicted octanol–water partition coefficient (Wildman–Crippen LogP) is 4.46. The van der Waals surface area contributed by atoms with E-state index in [1.807, 2.05) is 67.6 Å². The van der Waals surface area contributed by atoms with Crippen LogP contribution in [0.25, 0.3) is 11.8 Å². The number of benzene rings is 3. The molecule has 0 aliphatic carbocycles. The maximum Gasteiger partial charge on any atom is 0.338 e. The Bertz CT molecular complexity index is 1890. The first-order chi connectivity index (χ1) is 21.0. The molecular weight excluding hydrogens is 568 g/mol. The van der Waals surface area contributed by atoms with E-state index >= 15 is 0 Å². The van der Waals surface area contributed by atoms with Gasteiger partial charge in [0, 0.05) is 11.1 Å². The quantitative estimate of drug-likeness (QED) is 0.263. The van der Waals surface area contributed by atoms with Gasteiger partial charge >= 0.3 is 5.97 Å². The molecule has 220 valence electrons. The zero-order valence-corrected chi connectivity index (χ0v) is 24.8. The molecule has 9 nitrogen and oxygen atoms in total. The minimum Gasteiger partial charge on any atom is -0.493 e. The molecule has 0 N–H and O–H groups in total. The lowest BCUT2D eigenvalue weighted by molar-refractivity contribution is -0.138. The van der Waals surface area contributed by atoms with Crippen LogP contribution in [0.4, 0.5) is 0 Å². The Kier molecular flexibility index (Phi) is 8.02. The number of hydrogen-bond donors (Lipinski definition) is 0. The maximum atomic E-state index is 14.3. The third kappa shape index (κ3) is 5.30. The second kappa shape index (κ2) is 12.2. The van der Waals surface area contributed by atoms with E-state index in [-0.39, 0.29) is 24.5 Å². The number of carbonyl (C=O) groups is 1. The van der Waals surface area contributed by atoms with Crippen molar-refractivity contribution in [2.75, 3.05) is 27.1 Å². The molecule has 2 aliphatic heterocycles. The summed E-state index contributed by atoms with van der Waals surface area (Å²) in [4.78, 5) is 33.4. The molecule has 0 saturated heterocycles. The standard InChI is InChI=1S/C33H30N2O7S/c1-4-16-40-30-22(12-9-13-24(30)38-3)29-27(32(37)39-5-2)28(21-10-7-6-8-11-21)34-33-35(29)31(36)26(43-33)18-20-14-15-23-25(17-20)42-19-41-23/h6-15,17-18,29H,4-5,16,19H2,1-3H3/b26-18-/t29-/m1/s1. The van der Waals surface area contributed by atoms with Crippen LogP contribution in [-0.2, 0) is 9.53 Å². The zero-order valence-electron chi connectivity index (χ0n) is 24.0. The number of hydrogen-bond acceptors (Lipinski definition) is 9. The molecule has 1 atom stereocenters. The number of aromatic nitrogens is 1. The van der Waals surface area contributed by atoms with Crippen molar-refractivity contribution in [2.24, 2.45) is 4.99 Å². The first-order valence-corrected chi connectivity index (χ1v) is 14.8. The van der Waals surface area contributed by atoms with E-state index in [0.29, 0.717) is 50.2 Å². The number of carbonyl (C=O) groups excluding carboxylic acids is 1. The lowest BCUT2D eigenvalue weighted by atomic mass is 9.92. The fraction of sp³-hybridized carbons (Fsp3) is 0.242. The van der Waals surface area contributed by atoms with Gasteiger partial charge < -0.3 is 23.7 Å². The number of ether oxygens (including phenoxy) is 5. The van der Waals surface area contributed by atoms with E-state index < -0.39 is 12.0 Å². The third-order valence-electron chi connectivity index (χ3n) is 7.04. The summed E-state index contributed by atoms with van der Waals surface area (Å²) >= 11 is 1.25. The molecule has 6 rings (SSSR count). The summed E-state index contributed by atoms with van der Waals surface area (Å²) in [6.45, 7) is 4.48. The Morgan fingerprint density at radius 1 is 1.07 bits per heavy atom. The van der Waals surface area contributed by atoms with Crippen molar-refractivity contribution in [1.82, 2.24) is 4.57 Å². The summed E-state index contributed by atoms with van der Waals surface area (Å²) in [5, 5.41) is 0. The first kappa shape index (κ1) is 28.3. The topological polar surface area (TPSA) is 97.6 Å². The summed E-state index contributed by atoms with van der Waals surface area (Å²) in [7, 11) is 1.56. The van der Waals surface area contributed by atoms with E-state index in [9.17, 15) is 9.59 Å². The molecule has 3 aromatic carbocycles. The van der Waals surface area contributed by atoms with Gasteiger partial charge in [-0.05, 0) is 43.2 Å². The van der Waals surface area contributed by atoms with Crippen LogP contribution in [0.5, 0.6) is 23.0 Å². The highest BCUT2D eigenvalue weighted by Crippen LogP contribution is 2.42. The zero-order chi connectivity index (χ0) is 29.9. The van der Waals surface area contributed by atoms with Crippen molar-refractivity contribution in [3.63, 3.8) is 0 Å². The molecule has 10 heteroatoms. The molecule has 3 heterocycles. The van der Waals surface area contributed by atoms with E-state index in [2.05, 4.69) is 0 Å².